The number of halogens is 3. The molecule has 1 aromatic carbocycles. The Labute approximate surface area is 145 Å². The van der Waals surface area contributed by atoms with Crippen LogP contribution in [0.25, 0.3) is 0 Å². The van der Waals surface area contributed by atoms with Gasteiger partial charge in [-0.2, -0.15) is 13.2 Å². The molecule has 25 heavy (non-hydrogen) atoms. The molecule has 0 heterocycles. The summed E-state index contributed by atoms with van der Waals surface area (Å²) in [5.41, 5.74) is 0. The van der Waals surface area contributed by atoms with Crippen molar-refractivity contribution < 1.29 is 27.4 Å². The van der Waals surface area contributed by atoms with Gasteiger partial charge in [-0.3, -0.25) is 4.99 Å². The molecule has 9 heteroatoms. The molecule has 0 amide bonds. The summed E-state index contributed by atoms with van der Waals surface area (Å²) in [5, 5.41) is 5.54. The number of nitrogens with zero attached hydrogens (tertiary/aromatic N) is 1. The van der Waals surface area contributed by atoms with Crippen molar-refractivity contribution in [1.82, 2.24) is 10.6 Å². The molecule has 0 saturated carbocycles. The molecule has 0 unspecified atom stereocenters. The third kappa shape index (κ3) is 8.92. The van der Waals surface area contributed by atoms with E-state index < -0.39 is 12.6 Å². The number of alkyl halides is 3. The molecule has 1 aromatic rings. The lowest BCUT2D eigenvalue weighted by molar-refractivity contribution is -0.132. The molecule has 1 rings (SSSR count). The Balaban J connectivity index is 2.29. The van der Waals surface area contributed by atoms with Crippen LogP contribution in [0, 0.1) is 0 Å². The summed E-state index contributed by atoms with van der Waals surface area (Å²) in [7, 11) is 4.61. The van der Waals surface area contributed by atoms with Crippen molar-refractivity contribution in [2.24, 2.45) is 4.99 Å². The van der Waals surface area contributed by atoms with Crippen LogP contribution in [0.2, 0.25) is 0 Å². The van der Waals surface area contributed by atoms with Gasteiger partial charge in [0.25, 0.3) is 0 Å². The number of rotatable bonds is 9. The van der Waals surface area contributed by atoms with Crippen LogP contribution in [0.3, 0.4) is 0 Å². The molecule has 0 spiro atoms. The van der Waals surface area contributed by atoms with Crippen molar-refractivity contribution in [3.8, 4) is 17.2 Å². The highest BCUT2D eigenvalue weighted by Crippen LogP contribution is 2.27. The first kappa shape index (κ1) is 20.7. The Kier molecular flexibility index (Phi) is 8.73. The van der Waals surface area contributed by atoms with Crippen molar-refractivity contribution in [3.05, 3.63) is 18.2 Å². The molecule has 0 atom stereocenters. The van der Waals surface area contributed by atoms with Gasteiger partial charge in [-0.25, -0.2) is 0 Å². The molecule has 142 valence electrons. The first-order chi connectivity index (χ1) is 11.9. The summed E-state index contributed by atoms with van der Waals surface area (Å²) in [6.07, 6.45) is -4.45. The molecule has 0 radical (unpaired) electrons. The smallest absolute Gasteiger partial charge is 0.390 e. The number of nitrogens with one attached hydrogen (secondary N) is 2. The van der Waals surface area contributed by atoms with Crippen molar-refractivity contribution in [1.29, 1.82) is 0 Å². The summed E-state index contributed by atoms with van der Waals surface area (Å²) in [6.45, 7) is 0.707. The van der Waals surface area contributed by atoms with E-state index in [1.165, 1.54) is 7.05 Å². The third-order valence-electron chi connectivity index (χ3n) is 3.13. The van der Waals surface area contributed by atoms with Crippen molar-refractivity contribution in [3.63, 3.8) is 0 Å². The van der Waals surface area contributed by atoms with E-state index in [-0.39, 0.29) is 6.54 Å². The summed E-state index contributed by atoms with van der Waals surface area (Å²) >= 11 is 0. The molecule has 0 fully saturated rings. The van der Waals surface area contributed by atoms with Gasteiger partial charge in [0, 0.05) is 38.3 Å². The van der Waals surface area contributed by atoms with E-state index in [0.29, 0.717) is 42.8 Å². The fourth-order valence-electron chi connectivity index (χ4n) is 1.88. The van der Waals surface area contributed by atoms with Crippen LogP contribution < -0.4 is 24.8 Å². The second-order valence-electron chi connectivity index (χ2n) is 5.04. The van der Waals surface area contributed by atoms with Crippen LogP contribution in [0.1, 0.15) is 12.8 Å². The molecular formula is C16H24F3N3O3. The van der Waals surface area contributed by atoms with Crippen LogP contribution in [-0.4, -0.2) is 53.1 Å². The minimum absolute atomic E-state index is 0.219. The van der Waals surface area contributed by atoms with Crippen LogP contribution in [-0.2, 0) is 0 Å². The monoisotopic (exact) mass is 363 g/mol. The highest BCUT2D eigenvalue weighted by Gasteiger charge is 2.26. The lowest BCUT2D eigenvalue weighted by Gasteiger charge is -2.13. The molecule has 6 nitrogen and oxygen atoms in total. The highest BCUT2D eigenvalue weighted by molar-refractivity contribution is 5.79. The van der Waals surface area contributed by atoms with Crippen LogP contribution in [0.5, 0.6) is 17.2 Å². The first-order valence-corrected chi connectivity index (χ1v) is 7.75. The van der Waals surface area contributed by atoms with E-state index in [4.69, 9.17) is 14.2 Å². The molecular weight excluding hydrogens is 339 g/mol. The minimum atomic E-state index is -4.18. The van der Waals surface area contributed by atoms with Crippen molar-refractivity contribution in [2.45, 2.75) is 19.0 Å². The van der Waals surface area contributed by atoms with E-state index in [1.54, 1.807) is 32.4 Å². The van der Waals surface area contributed by atoms with Gasteiger partial charge in [0.15, 0.2) is 5.96 Å². The van der Waals surface area contributed by atoms with Crippen molar-refractivity contribution in [2.75, 3.05) is 41.0 Å². The Hall–Kier alpha value is -2.32. The Morgan fingerprint density at radius 1 is 1.00 bits per heavy atom. The average molecular weight is 363 g/mol. The van der Waals surface area contributed by atoms with Crippen LogP contribution >= 0.6 is 0 Å². The standard InChI is InChI=1S/C16H24F3N3O3/c1-20-15(22-7-5-16(17,18)19)21-6-4-8-25-14-10-12(23-2)9-13(11-14)24-3/h9-11H,4-8H2,1-3H3,(H2,20,21,22). The zero-order valence-electron chi connectivity index (χ0n) is 14.6. The summed E-state index contributed by atoms with van der Waals surface area (Å²) in [4.78, 5) is 3.86. The lowest BCUT2D eigenvalue weighted by Crippen LogP contribution is -2.39. The molecule has 0 aliphatic heterocycles. The van der Waals surface area contributed by atoms with Gasteiger partial charge in [0.05, 0.1) is 27.2 Å². The maximum Gasteiger partial charge on any atom is 0.390 e. The Bertz CT molecular complexity index is 529. The summed E-state index contributed by atoms with van der Waals surface area (Å²) in [6, 6.07) is 5.23. The molecule has 0 aliphatic carbocycles. The second kappa shape index (κ2) is 10.5. The summed E-state index contributed by atoms with van der Waals surface area (Å²) < 4.78 is 52.2. The molecule has 0 saturated heterocycles. The van der Waals surface area contributed by atoms with Gasteiger partial charge >= 0.3 is 6.18 Å². The number of methoxy groups -OCH3 is 2. The van der Waals surface area contributed by atoms with E-state index in [1.807, 2.05) is 0 Å². The molecule has 2 N–H and O–H groups in total. The fraction of sp³-hybridized carbons (Fsp3) is 0.562. The van der Waals surface area contributed by atoms with Gasteiger partial charge in [-0.1, -0.05) is 0 Å². The average Bonchev–Trinajstić information content (AvgIpc) is 2.58. The number of guanidine groups is 1. The predicted molar refractivity (Wildman–Crippen MR) is 89.7 cm³/mol. The lowest BCUT2D eigenvalue weighted by atomic mass is 10.3. The van der Waals surface area contributed by atoms with E-state index in [0.717, 1.165) is 0 Å². The minimum Gasteiger partial charge on any atom is -0.496 e. The Morgan fingerprint density at radius 2 is 1.56 bits per heavy atom. The second-order valence-corrected chi connectivity index (χ2v) is 5.04. The summed E-state index contributed by atoms with van der Waals surface area (Å²) in [5.74, 6) is 2.19. The molecule has 0 aromatic heterocycles. The predicted octanol–water partition coefficient (Wildman–Crippen LogP) is 2.59. The van der Waals surface area contributed by atoms with Gasteiger partial charge in [-0.05, 0) is 6.42 Å². The topological polar surface area (TPSA) is 64.1 Å². The quantitative estimate of drug-likeness (QED) is 0.401. The molecule has 0 aliphatic rings. The number of hydrogen-bond donors (Lipinski definition) is 2. The number of ether oxygens (including phenoxy) is 3. The maximum absolute atomic E-state index is 12.1. The van der Waals surface area contributed by atoms with Gasteiger partial charge in [0.2, 0.25) is 0 Å². The van der Waals surface area contributed by atoms with Crippen molar-refractivity contribution >= 4 is 5.96 Å². The van der Waals surface area contributed by atoms with E-state index in [2.05, 4.69) is 15.6 Å². The van der Waals surface area contributed by atoms with Crippen LogP contribution in [0.4, 0.5) is 13.2 Å². The number of benzene rings is 1. The van der Waals surface area contributed by atoms with Gasteiger partial charge < -0.3 is 24.8 Å². The zero-order chi connectivity index (χ0) is 18.7. The van der Waals surface area contributed by atoms with Gasteiger partial charge in [0.1, 0.15) is 17.2 Å². The zero-order valence-corrected chi connectivity index (χ0v) is 14.6. The highest BCUT2D eigenvalue weighted by atomic mass is 19.4. The fourth-order valence-corrected chi connectivity index (χ4v) is 1.88. The first-order valence-electron chi connectivity index (χ1n) is 7.75. The number of aliphatic imine (C=N–C) groups is 1. The Morgan fingerprint density at radius 3 is 2.08 bits per heavy atom. The largest absolute Gasteiger partial charge is 0.496 e. The van der Waals surface area contributed by atoms with E-state index in [9.17, 15) is 13.2 Å². The van der Waals surface area contributed by atoms with Crippen LogP contribution in [0.15, 0.2) is 23.2 Å². The van der Waals surface area contributed by atoms with Gasteiger partial charge in [-0.15, -0.1) is 0 Å². The van der Waals surface area contributed by atoms with E-state index >= 15 is 0 Å². The normalized spacial score (nSPS) is 11.8. The maximum atomic E-state index is 12.1. The number of hydrogen-bond acceptors (Lipinski definition) is 4. The third-order valence-corrected chi connectivity index (χ3v) is 3.13. The molecule has 0 bridgehead atoms. The SMILES string of the molecule is CN=C(NCCCOc1cc(OC)cc(OC)c1)NCCC(F)(F)F.